The van der Waals surface area contributed by atoms with Gasteiger partial charge in [-0.05, 0) is 45.1 Å². The maximum absolute atomic E-state index is 12.5. The minimum Gasteiger partial charge on any atom is -0.349 e. The van der Waals surface area contributed by atoms with Crippen molar-refractivity contribution in [3.05, 3.63) is 36.2 Å². The lowest BCUT2D eigenvalue weighted by atomic mass is 9.96. The van der Waals surface area contributed by atoms with Crippen LogP contribution in [0, 0.1) is 17.2 Å². The average Bonchev–Trinajstić information content (AvgIpc) is 3.29. The molecule has 1 amide bonds. The van der Waals surface area contributed by atoms with Crippen LogP contribution in [0.3, 0.4) is 0 Å². The lowest BCUT2D eigenvalue weighted by molar-refractivity contribution is -0.121. The second-order valence-electron chi connectivity index (χ2n) is 7.06. The van der Waals surface area contributed by atoms with Crippen molar-refractivity contribution in [3.63, 3.8) is 0 Å². The third kappa shape index (κ3) is 3.34. The van der Waals surface area contributed by atoms with Crippen LogP contribution < -0.4 is 5.32 Å². The zero-order valence-corrected chi connectivity index (χ0v) is 16.2. The number of piperidine rings is 1. The highest BCUT2D eigenvalue weighted by Gasteiger charge is 2.24. The fourth-order valence-corrected chi connectivity index (χ4v) is 4.52. The van der Waals surface area contributed by atoms with Crippen LogP contribution in [0.2, 0.25) is 0 Å². The number of nitrogens with zero attached hydrogens (tertiary/aromatic N) is 4. The van der Waals surface area contributed by atoms with Crippen LogP contribution in [-0.4, -0.2) is 40.5 Å². The van der Waals surface area contributed by atoms with Gasteiger partial charge in [-0.3, -0.25) is 4.79 Å². The minimum absolute atomic E-state index is 0.0595. The average molecular weight is 379 g/mol. The molecule has 0 aliphatic carbocycles. The van der Waals surface area contributed by atoms with Gasteiger partial charge in [0.25, 0.3) is 0 Å². The quantitative estimate of drug-likeness (QED) is 0.756. The molecule has 3 aromatic rings. The van der Waals surface area contributed by atoms with Crippen molar-refractivity contribution in [1.82, 2.24) is 14.5 Å². The molecule has 0 atom stereocenters. The van der Waals surface area contributed by atoms with Gasteiger partial charge in [-0.1, -0.05) is 17.4 Å². The number of hydrogen-bond donors (Lipinski definition) is 1. The van der Waals surface area contributed by atoms with E-state index in [9.17, 15) is 10.1 Å². The standard InChI is InChI=1S/C20H21N5OS/c1-24-8-5-13(6-9-24)19(26)23-20-22-12-17(27-20)15-4-3-14(11-21)18-16(15)7-10-25(18)2/h3-4,7,10,12-13H,5-6,8-9H2,1-2H3,(H,22,23,26). The van der Waals surface area contributed by atoms with E-state index in [1.165, 1.54) is 11.3 Å². The number of thiazole rings is 1. The summed E-state index contributed by atoms with van der Waals surface area (Å²) in [6, 6.07) is 8.07. The monoisotopic (exact) mass is 379 g/mol. The summed E-state index contributed by atoms with van der Waals surface area (Å²) in [4.78, 5) is 20.2. The second-order valence-corrected chi connectivity index (χ2v) is 8.09. The Morgan fingerprint density at radius 3 is 2.81 bits per heavy atom. The molecule has 1 N–H and O–H groups in total. The summed E-state index contributed by atoms with van der Waals surface area (Å²) >= 11 is 1.47. The molecule has 1 aliphatic rings. The van der Waals surface area contributed by atoms with Crippen LogP contribution in [0.4, 0.5) is 5.13 Å². The Balaban J connectivity index is 1.58. The van der Waals surface area contributed by atoms with Gasteiger partial charge in [0.15, 0.2) is 5.13 Å². The van der Waals surface area contributed by atoms with Crippen molar-refractivity contribution < 1.29 is 4.79 Å². The Labute approximate surface area is 162 Å². The molecule has 0 radical (unpaired) electrons. The van der Waals surface area contributed by atoms with Crippen LogP contribution >= 0.6 is 11.3 Å². The highest BCUT2D eigenvalue weighted by Crippen LogP contribution is 2.36. The number of nitrogens with one attached hydrogen (secondary N) is 1. The highest BCUT2D eigenvalue weighted by atomic mass is 32.1. The van der Waals surface area contributed by atoms with E-state index in [2.05, 4.69) is 28.3 Å². The van der Waals surface area contributed by atoms with E-state index in [1.807, 2.05) is 36.0 Å². The summed E-state index contributed by atoms with van der Waals surface area (Å²) in [5, 5.41) is 14.0. The summed E-state index contributed by atoms with van der Waals surface area (Å²) in [7, 11) is 4.02. The molecule has 3 heterocycles. The van der Waals surface area contributed by atoms with E-state index in [-0.39, 0.29) is 11.8 Å². The number of anilines is 1. The molecule has 0 spiro atoms. The zero-order chi connectivity index (χ0) is 19.0. The van der Waals surface area contributed by atoms with Gasteiger partial charge in [0.1, 0.15) is 6.07 Å². The van der Waals surface area contributed by atoms with E-state index in [1.54, 1.807) is 6.20 Å². The van der Waals surface area contributed by atoms with Crippen molar-refractivity contribution in [2.24, 2.45) is 13.0 Å². The number of aryl methyl sites for hydroxylation is 1. The molecule has 0 bridgehead atoms. The van der Waals surface area contributed by atoms with Crippen LogP contribution in [0.25, 0.3) is 21.3 Å². The van der Waals surface area contributed by atoms with Gasteiger partial charge in [-0.2, -0.15) is 5.26 Å². The van der Waals surface area contributed by atoms with Gasteiger partial charge in [0.05, 0.1) is 16.0 Å². The number of nitriles is 1. The summed E-state index contributed by atoms with van der Waals surface area (Å²) in [6.07, 6.45) is 5.53. The summed E-state index contributed by atoms with van der Waals surface area (Å²) in [5.41, 5.74) is 2.60. The molecule has 1 fully saturated rings. The van der Waals surface area contributed by atoms with Crippen molar-refractivity contribution in [1.29, 1.82) is 5.26 Å². The normalized spacial score (nSPS) is 15.7. The van der Waals surface area contributed by atoms with Gasteiger partial charge >= 0.3 is 0 Å². The lowest BCUT2D eigenvalue weighted by Crippen LogP contribution is -2.35. The lowest BCUT2D eigenvalue weighted by Gasteiger charge is -2.27. The van der Waals surface area contributed by atoms with Crippen molar-refractivity contribution in [2.75, 3.05) is 25.5 Å². The van der Waals surface area contributed by atoms with Crippen molar-refractivity contribution in [3.8, 4) is 16.5 Å². The number of hydrogen-bond acceptors (Lipinski definition) is 5. The third-order valence-electron chi connectivity index (χ3n) is 5.25. The fourth-order valence-electron chi connectivity index (χ4n) is 3.66. The first kappa shape index (κ1) is 17.7. The Bertz CT molecular complexity index is 1040. The number of benzene rings is 1. The molecule has 1 aliphatic heterocycles. The van der Waals surface area contributed by atoms with Crippen molar-refractivity contribution >= 4 is 33.3 Å². The highest BCUT2D eigenvalue weighted by molar-refractivity contribution is 7.19. The van der Waals surface area contributed by atoms with E-state index in [4.69, 9.17) is 0 Å². The maximum Gasteiger partial charge on any atom is 0.229 e. The SMILES string of the molecule is CN1CCC(C(=O)Nc2ncc(-c3ccc(C#N)c4c3ccn4C)s2)CC1. The largest absolute Gasteiger partial charge is 0.349 e. The first-order chi connectivity index (χ1) is 13.1. The third-order valence-corrected chi connectivity index (χ3v) is 6.19. The Hall–Kier alpha value is -2.69. The van der Waals surface area contributed by atoms with Gasteiger partial charge in [0, 0.05) is 36.3 Å². The van der Waals surface area contributed by atoms with E-state index >= 15 is 0 Å². The Kier molecular flexibility index (Phi) is 4.68. The number of rotatable bonds is 3. The molecule has 4 rings (SSSR count). The Morgan fingerprint density at radius 2 is 2.07 bits per heavy atom. The number of fused-ring (bicyclic) bond motifs is 1. The van der Waals surface area contributed by atoms with Gasteiger partial charge < -0.3 is 14.8 Å². The van der Waals surface area contributed by atoms with Gasteiger partial charge in [0.2, 0.25) is 5.91 Å². The van der Waals surface area contributed by atoms with Crippen LogP contribution in [-0.2, 0) is 11.8 Å². The van der Waals surface area contributed by atoms with E-state index < -0.39 is 0 Å². The molecule has 2 aromatic heterocycles. The molecule has 7 heteroatoms. The van der Waals surface area contributed by atoms with E-state index in [0.717, 1.165) is 47.3 Å². The number of carbonyl (C=O) groups is 1. The smallest absolute Gasteiger partial charge is 0.229 e. The Morgan fingerprint density at radius 1 is 1.30 bits per heavy atom. The number of aromatic nitrogens is 2. The predicted molar refractivity (Wildman–Crippen MR) is 108 cm³/mol. The van der Waals surface area contributed by atoms with Crippen LogP contribution in [0.1, 0.15) is 18.4 Å². The first-order valence-corrected chi connectivity index (χ1v) is 9.82. The molecule has 1 aromatic carbocycles. The molecule has 1 saturated heterocycles. The first-order valence-electron chi connectivity index (χ1n) is 9.00. The van der Waals surface area contributed by atoms with Gasteiger partial charge in [-0.15, -0.1) is 0 Å². The minimum atomic E-state index is 0.0595. The molecule has 0 saturated carbocycles. The molecule has 6 nitrogen and oxygen atoms in total. The number of likely N-dealkylation sites (tertiary alicyclic amines) is 1. The summed E-state index contributed by atoms with van der Waals surface area (Å²) in [5.74, 6) is 0.123. The molecule has 27 heavy (non-hydrogen) atoms. The maximum atomic E-state index is 12.5. The summed E-state index contributed by atoms with van der Waals surface area (Å²) in [6.45, 7) is 1.91. The van der Waals surface area contributed by atoms with Crippen LogP contribution in [0.15, 0.2) is 30.6 Å². The van der Waals surface area contributed by atoms with Crippen molar-refractivity contribution in [2.45, 2.75) is 12.8 Å². The van der Waals surface area contributed by atoms with Gasteiger partial charge in [-0.25, -0.2) is 4.98 Å². The van der Waals surface area contributed by atoms with Crippen LogP contribution in [0.5, 0.6) is 0 Å². The molecular formula is C20H21N5OS. The predicted octanol–water partition coefficient (Wildman–Crippen LogP) is 3.45. The number of carbonyl (C=O) groups excluding carboxylic acids is 1. The fraction of sp³-hybridized carbons (Fsp3) is 0.350. The van der Waals surface area contributed by atoms with E-state index in [0.29, 0.717) is 10.7 Å². The topological polar surface area (TPSA) is 74.0 Å². The molecule has 0 unspecified atom stereocenters. The molecular weight excluding hydrogens is 358 g/mol. The zero-order valence-electron chi connectivity index (χ0n) is 15.4. The summed E-state index contributed by atoms with van der Waals surface area (Å²) < 4.78 is 1.96. The number of amides is 1. The second kappa shape index (κ2) is 7.14. The molecule has 138 valence electrons.